The Hall–Kier alpha value is 0.690. The summed E-state index contributed by atoms with van der Waals surface area (Å²) in [6.45, 7) is 4.71. The minimum atomic E-state index is 0.411. The molecule has 1 nitrogen and oxygen atoms in total. The van der Waals surface area contributed by atoms with E-state index < -0.39 is 0 Å². The second-order valence-corrected chi connectivity index (χ2v) is 6.42. The Bertz CT molecular complexity index is 116. The van der Waals surface area contributed by atoms with E-state index in [-0.39, 0.29) is 0 Å². The summed E-state index contributed by atoms with van der Waals surface area (Å²) in [7, 11) is 0. The molecule has 1 saturated heterocycles. The van der Waals surface area contributed by atoms with Gasteiger partial charge in [0.25, 0.3) is 0 Å². The first-order valence-corrected chi connectivity index (χ1v) is 7.86. The van der Waals surface area contributed by atoms with Crippen LogP contribution < -0.4 is 26.5 Å². The van der Waals surface area contributed by atoms with Crippen molar-refractivity contribution in [2.75, 3.05) is 4.93 Å². The van der Waals surface area contributed by atoms with Crippen LogP contribution in [-0.4, -0.2) is 15.0 Å². The van der Waals surface area contributed by atoms with Gasteiger partial charge in [0, 0.05) is 0 Å². The van der Waals surface area contributed by atoms with Crippen molar-refractivity contribution in [2.45, 2.75) is 43.2 Å². The van der Waals surface area contributed by atoms with Crippen LogP contribution in [0.5, 0.6) is 0 Å². The van der Waals surface area contributed by atoms with Gasteiger partial charge in [-0.2, -0.15) is 0 Å². The molecule has 0 spiro atoms. The Kier molecular flexibility index (Phi) is 4.13. The summed E-state index contributed by atoms with van der Waals surface area (Å²) in [6.07, 6.45) is 4.24. The first-order valence-electron chi connectivity index (χ1n) is 4.46. The zero-order chi connectivity index (χ0) is 8.27. The molecular formula is C9H19IN-. The Labute approximate surface area is 80.6 Å². The van der Waals surface area contributed by atoms with Crippen molar-refractivity contribution in [1.82, 2.24) is 5.32 Å². The number of alkyl halides is 2. The fourth-order valence-corrected chi connectivity index (χ4v) is 3.74. The Morgan fingerprint density at radius 2 is 2.00 bits per heavy atom. The molecule has 0 aromatic rings. The fraction of sp³-hybridized carbons (Fsp3) is 1.00. The van der Waals surface area contributed by atoms with Crippen molar-refractivity contribution in [2.24, 2.45) is 5.92 Å². The predicted octanol–water partition coefficient (Wildman–Crippen LogP) is -1.17. The maximum atomic E-state index is 3.71. The Morgan fingerprint density at radius 3 is 2.64 bits per heavy atom. The average Bonchev–Trinajstić information content (AvgIpc) is 2.11. The molecule has 68 valence electrons. The molecule has 0 aromatic carbocycles. The van der Waals surface area contributed by atoms with Gasteiger partial charge >= 0.3 is 80.6 Å². The van der Waals surface area contributed by atoms with Crippen LogP contribution in [0, 0.1) is 5.92 Å². The van der Waals surface area contributed by atoms with Crippen molar-refractivity contribution < 1.29 is 21.2 Å². The number of hydrogen-bond donors (Lipinski definition) is 1. The van der Waals surface area contributed by atoms with Crippen LogP contribution in [0.2, 0.25) is 0 Å². The molecule has 0 aromatic heterocycles. The summed E-state index contributed by atoms with van der Waals surface area (Å²) in [5.74, 6) is 0.943. The van der Waals surface area contributed by atoms with E-state index in [1.165, 1.54) is 19.3 Å². The molecule has 1 aliphatic heterocycles. The van der Waals surface area contributed by atoms with Gasteiger partial charge in [0.1, 0.15) is 0 Å². The van der Waals surface area contributed by atoms with E-state index in [0.717, 1.165) is 16.0 Å². The second kappa shape index (κ2) is 4.65. The minimum absolute atomic E-state index is 0.411. The second-order valence-electron chi connectivity index (χ2n) is 3.67. The molecule has 3 atom stereocenters. The van der Waals surface area contributed by atoms with Crippen molar-refractivity contribution in [3.63, 3.8) is 0 Å². The summed E-state index contributed by atoms with van der Waals surface area (Å²) in [5, 5.41) is 3.71. The van der Waals surface area contributed by atoms with E-state index in [9.17, 15) is 0 Å². The SMILES string of the molecule is C[I-]C1CCC(C)CC(C)N1. The normalized spacial score (nSPS) is 40.5. The van der Waals surface area contributed by atoms with E-state index in [2.05, 4.69) is 24.1 Å². The third-order valence-electron chi connectivity index (χ3n) is 2.40. The van der Waals surface area contributed by atoms with Crippen molar-refractivity contribution >= 4 is 0 Å². The van der Waals surface area contributed by atoms with Crippen LogP contribution in [-0.2, 0) is 0 Å². The zero-order valence-electron chi connectivity index (χ0n) is 7.73. The van der Waals surface area contributed by atoms with E-state index in [1.807, 2.05) is 0 Å². The molecule has 1 rings (SSSR count). The molecule has 1 heterocycles. The molecule has 0 aliphatic carbocycles. The van der Waals surface area contributed by atoms with Crippen LogP contribution >= 0.6 is 0 Å². The summed E-state index contributed by atoms with van der Waals surface area (Å²) in [5.41, 5.74) is 0. The van der Waals surface area contributed by atoms with E-state index >= 15 is 0 Å². The van der Waals surface area contributed by atoms with Crippen LogP contribution in [0.15, 0.2) is 0 Å². The van der Waals surface area contributed by atoms with Crippen LogP contribution in [0.4, 0.5) is 0 Å². The third kappa shape index (κ3) is 3.28. The molecule has 0 radical (unpaired) electrons. The topological polar surface area (TPSA) is 12.0 Å². The van der Waals surface area contributed by atoms with Crippen LogP contribution in [0.25, 0.3) is 0 Å². The van der Waals surface area contributed by atoms with E-state index in [1.54, 1.807) is 0 Å². The van der Waals surface area contributed by atoms with Gasteiger partial charge in [0.2, 0.25) is 0 Å². The average molecular weight is 268 g/mol. The number of rotatable bonds is 1. The van der Waals surface area contributed by atoms with Crippen molar-refractivity contribution in [3.8, 4) is 0 Å². The van der Waals surface area contributed by atoms with Gasteiger partial charge in [-0.05, 0) is 0 Å². The van der Waals surface area contributed by atoms with Gasteiger partial charge in [0.15, 0.2) is 0 Å². The molecule has 0 amide bonds. The van der Waals surface area contributed by atoms with Gasteiger partial charge in [0.05, 0.1) is 0 Å². The van der Waals surface area contributed by atoms with E-state index in [4.69, 9.17) is 0 Å². The van der Waals surface area contributed by atoms with Crippen molar-refractivity contribution in [3.05, 3.63) is 0 Å². The maximum absolute atomic E-state index is 3.71. The quantitative estimate of drug-likeness (QED) is 0.359. The fourth-order valence-electron chi connectivity index (χ4n) is 1.78. The number of hydrogen-bond acceptors (Lipinski definition) is 1. The first-order chi connectivity index (χ1) is 5.22. The summed E-state index contributed by atoms with van der Waals surface area (Å²) in [6, 6.07) is 0.761. The van der Waals surface area contributed by atoms with Gasteiger partial charge < -0.3 is 0 Å². The van der Waals surface area contributed by atoms with Crippen LogP contribution in [0.1, 0.15) is 33.1 Å². The van der Waals surface area contributed by atoms with Gasteiger partial charge in [-0.25, -0.2) is 0 Å². The standard InChI is InChI=1S/C9H19IN/c1-7-4-5-9(10-3)11-8(2)6-7/h7-9,11H,4-6H2,1-3H3/q-1. The molecule has 11 heavy (non-hydrogen) atoms. The molecule has 1 aliphatic rings. The van der Waals surface area contributed by atoms with Crippen molar-refractivity contribution in [1.29, 1.82) is 0 Å². The number of nitrogens with one attached hydrogen (secondary N) is 1. The summed E-state index contributed by atoms with van der Waals surface area (Å²) < 4.78 is 0.897. The Morgan fingerprint density at radius 1 is 1.27 bits per heavy atom. The molecule has 1 fully saturated rings. The van der Waals surface area contributed by atoms with Gasteiger partial charge in [-0.15, -0.1) is 0 Å². The summed E-state index contributed by atoms with van der Waals surface area (Å²) >= 11 is 0.411. The van der Waals surface area contributed by atoms with E-state index in [0.29, 0.717) is 21.2 Å². The molecule has 1 N–H and O–H groups in total. The molecule has 0 saturated carbocycles. The molecule has 0 bridgehead atoms. The van der Waals surface area contributed by atoms with Crippen LogP contribution in [0.3, 0.4) is 0 Å². The monoisotopic (exact) mass is 268 g/mol. The predicted molar refractivity (Wildman–Crippen MR) is 45.3 cm³/mol. The molecular weight excluding hydrogens is 249 g/mol. The summed E-state index contributed by atoms with van der Waals surface area (Å²) in [4.78, 5) is 2.39. The third-order valence-corrected chi connectivity index (χ3v) is 4.88. The van der Waals surface area contributed by atoms with Gasteiger partial charge in [-0.3, -0.25) is 0 Å². The van der Waals surface area contributed by atoms with Gasteiger partial charge in [-0.1, -0.05) is 0 Å². The number of halogens is 1. The Balaban J connectivity index is 2.39. The zero-order valence-corrected chi connectivity index (χ0v) is 9.89. The molecule has 2 heteroatoms. The first kappa shape index (κ1) is 9.78. The molecule has 3 unspecified atom stereocenters.